The summed E-state index contributed by atoms with van der Waals surface area (Å²) >= 11 is 0. The van der Waals surface area contributed by atoms with Crippen molar-refractivity contribution in [2.75, 3.05) is 39.5 Å². The Bertz CT molecular complexity index is 462. The normalized spacial score (nSPS) is 19.9. The summed E-state index contributed by atoms with van der Waals surface area (Å²) in [5.41, 5.74) is 1.07. The number of hydrogen-bond donors (Lipinski definition) is 1. The first-order chi connectivity index (χ1) is 10.2. The summed E-state index contributed by atoms with van der Waals surface area (Å²) in [6.45, 7) is 5.17. The number of guanidine groups is 1. The van der Waals surface area contributed by atoms with E-state index in [1.807, 2.05) is 26.4 Å². The molecule has 118 valence electrons. The van der Waals surface area contributed by atoms with Gasteiger partial charge in [0.15, 0.2) is 5.96 Å². The molecule has 0 saturated carbocycles. The average molecular weight is 297 g/mol. The van der Waals surface area contributed by atoms with Crippen LogP contribution in [0, 0.1) is 0 Å². The monoisotopic (exact) mass is 297 g/mol. The van der Waals surface area contributed by atoms with Crippen LogP contribution in [-0.4, -0.2) is 60.1 Å². The highest BCUT2D eigenvalue weighted by Gasteiger charge is 2.24. The minimum atomic E-state index is -0.329. The highest BCUT2D eigenvalue weighted by molar-refractivity contribution is 5.80. The maximum absolute atomic E-state index is 12.2. The Morgan fingerprint density at radius 1 is 1.62 bits per heavy atom. The largest absolute Gasteiger partial charge is 0.370 e. The fraction of sp³-hybridized carbons (Fsp3) is 0.714. The molecule has 21 heavy (non-hydrogen) atoms. The maximum atomic E-state index is 12.2. The number of rotatable bonds is 5. The van der Waals surface area contributed by atoms with Gasteiger partial charge in [-0.05, 0) is 13.3 Å². The molecule has 2 rings (SSSR count). The van der Waals surface area contributed by atoms with Crippen LogP contribution in [0.4, 0.5) is 4.39 Å². The zero-order valence-corrected chi connectivity index (χ0v) is 12.8. The van der Waals surface area contributed by atoms with E-state index in [1.165, 1.54) is 0 Å². The molecule has 1 aromatic heterocycles. The number of aromatic nitrogens is 2. The van der Waals surface area contributed by atoms with Crippen molar-refractivity contribution in [3.8, 4) is 0 Å². The third kappa shape index (κ3) is 4.42. The molecule has 1 aliphatic heterocycles. The van der Waals surface area contributed by atoms with E-state index in [0.29, 0.717) is 19.6 Å². The van der Waals surface area contributed by atoms with Crippen LogP contribution in [0.3, 0.4) is 0 Å². The van der Waals surface area contributed by atoms with Gasteiger partial charge in [0.25, 0.3) is 0 Å². The molecule has 1 unspecified atom stereocenters. The Balaban J connectivity index is 2.01. The Kier molecular flexibility index (Phi) is 5.98. The second-order valence-corrected chi connectivity index (χ2v) is 5.03. The smallest absolute Gasteiger partial charge is 0.194 e. The topological polar surface area (TPSA) is 54.7 Å². The summed E-state index contributed by atoms with van der Waals surface area (Å²) in [5, 5.41) is 7.45. The summed E-state index contributed by atoms with van der Waals surface area (Å²) in [6, 6.07) is 0. The van der Waals surface area contributed by atoms with E-state index >= 15 is 0 Å². The van der Waals surface area contributed by atoms with Crippen LogP contribution < -0.4 is 5.32 Å². The lowest BCUT2D eigenvalue weighted by Gasteiger charge is -2.34. The Labute approximate surface area is 125 Å². The van der Waals surface area contributed by atoms with E-state index in [9.17, 15) is 4.39 Å². The highest BCUT2D eigenvalue weighted by Crippen LogP contribution is 2.21. The van der Waals surface area contributed by atoms with Crippen molar-refractivity contribution < 1.29 is 9.13 Å². The van der Waals surface area contributed by atoms with Crippen molar-refractivity contribution >= 4 is 5.96 Å². The van der Waals surface area contributed by atoms with Crippen LogP contribution in [0.2, 0.25) is 0 Å². The van der Waals surface area contributed by atoms with Crippen molar-refractivity contribution in [3.05, 3.63) is 18.0 Å². The van der Waals surface area contributed by atoms with Crippen LogP contribution in [0.25, 0.3) is 0 Å². The molecule has 1 aromatic rings. The van der Waals surface area contributed by atoms with Gasteiger partial charge in [0.1, 0.15) is 6.10 Å². The molecule has 1 N–H and O–H groups in total. The number of nitrogens with zero attached hydrogens (tertiary/aromatic N) is 4. The van der Waals surface area contributed by atoms with Gasteiger partial charge in [0, 0.05) is 38.4 Å². The van der Waals surface area contributed by atoms with Crippen molar-refractivity contribution in [1.29, 1.82) is 0 Å². The first-order valence-electron chi connectivity index (χ1n) is 7.44. The minimum Gasteiger partial charge on any atom is -0.370 e. The SMILES string of the molecule is CCNC(=NCCCF)N1CCOC(c2cnn(C)c2)C1. The van der Waals surface area contributed by atoms with Crippen molar-refractivity contribution in [2.24, 2.45) is 12.0 Å². The standard InChI is InChI=1S/C14H24FN5O/c1-3-16-14(17-6-4-5-15)20-7-8-21-13(11-20)12-9-18-19(2)10-12/h9-10,13H,3-8,11H2,1-2H3,(H,16,17). The summed E-state index contributed by atoms with van der Waals surface area (Å²) in [7, 11) is 1.90. The van der Waals surface area contributed by atoms with Crippen molar-refractivity contribution in [2.45, 2.75) is 19.4 Å². The molecule has 1 aliphatic rings. The lowest BCUT2D eigenvalue weighted by Crippen LogP contribution is -2.48. The maximum Gasteiger partial charge on any atom is 0.194 e. The fourth-order valence-corrected chi connectivity index (χ4v) is 2.32. The van der Waals surface area contributed by atoms with Crippen molar-refractivity contribution in [1.82, 2.24) is 20.0 Å². The van der Waals surface area contributed by atoms with Gasteiger partial charge in [-0.15, -0.1) is 0 Å². The van der Waals surface area contributed by atoms with E-state index in [-0.39, 0.29) is 12.8 Å². The predicted molar refractivity (Wildman–Crippen MR) is 80.0 cm³/mol. The lowest BCUT2D eigenvalue weighted by atomic mass is 10.1. The predicted octanol–water partition coefficient (Wildman–Crippen LogP) is 1.12. The molecule has 0 radical (unpaired) electrons. The average Bonchev–Trinajstić information content (AvgIpc) is 2.93. The summed E-state index contributed by atoms with van der Waals surface area (Å²) in [5.74, 6) is 0.836. The Morgan fingerprint density at radius 3 is 3.14 bits per heavy atom. The molecule has 0 aromatic carbocycles. The second-order valence-electron chi connectivity index (χ2n) is 5.03. The molecule has 1 atom stereocenters. The van der Waals surface area contributed by atoms with Gasteiger partial charge in [-0.25, -0.2) is 0 Å². The first-order valence-corrected chi connectivity index (χ1v) is 7.44. The van der Waals surface area contributed by atoms with Gasteiger partial charge in [0.2, 0.25) is 0 Å². The van der Waals surface area contributed by atoms with Gasteiger partial charge >= 0.3 is 0 Å². The number of hydrogen-bond acceptors (Lipinski definition) is 3. The molecule has 1 fully saturated rings. The lowest BCUT2D eigenvalue weighted by molar-refractivity contribution is -0.00804. The van der Waals surface area contributed by atoms with Crippen LogP contribution in [0.1, 0.15) is 25.0 Å². The van der Waals surface area contributed by atoms with Crippen LogP contribution in [-0.2, 0) is 11.8 Å². The van der Waals surface area contributed by atoms with Crippen LogP contribution >= 0.6 is 0 Å². The van der Waals surface area contributed by atoms with E-state index in [0.717, 1.165) is 31.2 Å². The molecule has 0 amide bonds. The number of morpholine rings is 1. The van der Waals surface area contributed by atoms with Crippen LogP contribution in [0.15, 0.2) is 17.4 Å². The number of halogens is 1. The number of alkyl halides is 1. The van der Waals surface area contributed by atoms with E-state index in [2.05, 4.69) is 20.3 Å². The first kappa shape index (κ1) is 15.8. The molecule has 2 heterocycles. The van der Waals surface area contributed by atoms with Crippen molar-refractivity contribution in [3.63, 3.8) is 0 Å². The summed E-state index contributed by atoms with van der Waals surface area (Å²) < 4.78 is 19.8. The van der Waals surface area contributed by atoms with Gasteiger partial charge < -0.3 is 15.0 Å². The molecule has 0 spiro atoms. The zero-order valence-electron chi connectivity index (χ0n) is 12.8. The van der Waals surface area contributed by atoms with Gasteiger partial charge in [0.05, 0.1) is 26.0 Å². The number of aryl methyl sites for hydroxylation is 1. The molecular weight excluding hydrogens is 273 g/mol. The molecule has 0 aliphatic carbocycles. The second kappa shape index (κ2) is 7.97. The highest BCUT2D eigenvalue weighted by atomic mass is 19.1. The van der Waals surface area contributed by atoms with Crippen LogP contribution in [0.5, 0.6) is 0 Å². The molecule has 6 nitrogen and oxygen atoms in total. The molecule has 7 heteroatoms. The summed E-state index contributed by atoms with van der Waals surface area (Å²) in [6.07, 6.45) is 4.27. The number of aliphatic imine (C=N–C) groups is 1. The minimum absolute atomic E-state index is 0.00233. The third-order valence-electron chi connectivity index (χ3n) is 3.35. The fourth-order valence-electron chi connectivity index (χ4n) is 2.32. The van der Waals surface area contributed by atoms with Gasteiger partial charge in [-0.3, -0.25) is 14.1 Å². The zero-order chi connectivity index (χ0) is 15.1. The summed E-state index contributed by atoms with van der Waals surface area (Å²) in [4.78, 5) is 6.64. The Morgan fingerprint density at radius 2 is 2.48 bits per heavy atom. The van der Waals surface area contributed by atoms with E-state index < -0.39 is 0 Å². The number of ether oxygens (including phenoxy) is 1. The molecule has 0 bridgehead atoms. The molecule has 1 saturated heterocycles. The van der Waals surface area contributed by atoms with Gasteiger partial charge in [-0.1, -0.05) is 0 Å². The quantitative estimate of drug-likeness (QED) is 0.503. The molecular formula is C14H24FN5O. The Hall–Kier alpha value is -1.63. The van der Waals surface area contributed by atoms with E-state index in [4.69, 9.17) is 4.74 Å². The number of nitrogens with one attached hydrogen (secondary N) is 1. The van der Waals surface area contributed by atoms with E-state index in [1.54, 1.807) is 4.68 Å². The van der Waals surface area contributed by atoms with Gasteiger partial charge in [-0.2, -0.15) is 5.10 Å². The third-order valence-corrected chi connectivity index (χ3v) is 3.35.